The largest absolute Gasteiger partial charge is 0.439 e. The molecule has 24 heavy (non-hydrogen) atoms. The van der Waals surface area contributed by atoms with Gasteiger partial charge in [0.15, 0.2) is 0 Å². The van der Waals surface area contributed by atoms with E-state index in [9.17, 15) is 0 Å². The third kappa shape index (κ3) is 2.69. The van der Waals surface area contributed by atoms with Gasteiger partial charge in [0.2, 0.25) is 7.09 Å². The van der Waals surface area contributed by atoms with Gasteiger partial charge in [-0.25, -0.2) is 0 Å². The Morgan fingerprint density at radius 1 is 1.42 bits per heavy atom. The zero-order valence-corrected chi connectivity index (χ0v) is 16.7. The third-order valence-corrected chi connectivity index (χ3v) is 7.63. The Morgan fingerprint density at radius 3 is 3.17 bits per heavy atom. The summed E-state index contributed by atoms with van der Waals surface area (Å²) in [5.41, 5.74) is 5.20. The first-order valence-corrected chi connectivity index (χ1v) is 11.0. The molecule has 1 radical (unpaired) electrons. The summed E-state index contributed by atoms with van der Waals surface area (Å²) in [7, 11) is 1.23. The van der Waals surface area contributed by atoms with E-state index in [1.807, 2.05) is 0 Å². The van der Waals surface area contributed by atoms with Crippen LogP contribution in [0.2, 0.25) is 0 Å². The van der Waals surface area contributed by atoms with Gasteiger partial charge in [0.1, 0.15) is 5.75 Å². The minimum Gasteiger partial charge on any atom is -0.439 e. The number of hydrogen-bond donors (Lipinski definition) is 0. The number of benzene rings is 1. The van der Waals surface area contributed by atoms with E-state index >= 15 is 0 Å². The molecule has 1 aromatic carbocycles. The summed E-state index contributed by atoms with van der Waals surface area (Å²) < 4.78 is 12.6. The minimum atomic E-state index is 0.441. The fraction of sp³-hybridized carbons (Fsp3) is 0.600. The van der Waals surface area contributed by atoms with Gasteiger partial charge >= 0.3 is 0 Å². The summed E-state index contributed by atoms with van der Waals surface area (Å²) in [4.78, 5) is 0. The second-order valence-electron chi connectivity index (χ2n) is 7.83. The van der Waals surface area contributed by atoms with Crippen LogP contribution in [0.5, 0.6) is 5.75 Å². The number of aryl methyl sites for hydroxylation is 1. The lowest BCUT2D eigenvalue weighted by Gasteiger charge is -2.49. The zero-order chi connectivity index (χ0) is 17.4. The van der Waals surface area contributed by atoms with Gasteiger partial charge in [0.25, 0.3) is 0 Å². The number of hydrogen-bond acceptors (Lipinski definition) is 2. The van der Waals surface area contributed by atoms with Crippen LogP contribution in [0.15, 0.2) is 29.8 Å². The summed E-state index contributed by atoms with van der Waals surface area (Å²) in [6.45, 7) is 2.54. The van der Waals surface area contributed by atoms with E-state index < -0.39 is 0 Å². The molecule has 3 aliphatic rings. The monoisotopic (exact) mass is 405 g/mol. The smallest absolute Gasteiger partial charge is 0.227 e. The Hall–Kier alpha value is -0.345. The predicted octanol–water partition coefficient (Wildman–Crippen LogP) is 5.71. The van der Waals surface area contributed by atoms with E-state index in [0.29, 0.717) is 5.41 Å². The highest BCUT2D eigenvalue weighted by molar-refractivity contribution is 9.09. The molecule has 0 bridgehead atoms. The molecule has 2 fully saturated rings. The van der Waals surface area contributed by atoms with Gasteiger partial charge in [-0.2, -0.15) is 0 Å². The van der Waals surface area contributed by atoms with Crippen molar-refractivity contribution in [2.75, 3.05) is 5.33 Å². The molecule has 0 N–H and O–H groups in total. The van der Waals surface area contributed by atoms with E-state index in [-0.39, 0.29) is 0 Å². The van der Waals surface area contributed by atoms with Gasteiger partial charge in [-0.1, -0.05) is 40.6 Å². The molecule has 0 amide bonds. The van der Waals surface area contributed by atoms with Crippen LogP contribution < -0.4 is 4.18 Å². The molecule has 1 aromatic rings. The highest BCUT2D eigenvalue weighted by Gasteiger charge is 2.52. The van der Waals surface area contributed by atoms with Gasteiger partial charge in [0.05, 0.1) is 0 Å². The van der Waals surface area contributed by atoms with E-state index in [2.05, 4.69) is 47.1 Å². The summed E-state index contributed by atoms with van der Waals surface area (Å²) >= 11 is 4.69. The molecule has 4 unspecified atom stereocenters. The standard InChI is InChI=1S/C20H25BBrOS/c1-20-10-8-17-16-6-4-15(23-24-21)12-13(16)2-5-18(17)19(20)7-3-14(20)9-11-22/h4,6,9,12,17-19,21H,2-3,5,7-8,10-11H2,1H3/i21T. The molecule has 4 atom stereocenters. The summed E-state index contributed by atoms with van der Waals surface area (Å²) in [6.07, 6.45) is 10.3. The van der Waals surface area contributed by atoms with E-state index in [1.54, 1.807) is 11.1 Å². The Kier molecular flexibility index (Phi) is 4.47. The fourth-order valence-electron chi connectivity index (χ4n) is 5.94. The predicted molar refractivity (Wildman–Crippen MR) is 108 cm³/mol. The van der Waals surface area contributed by atoms with E-state index in [4.69, 9.17) is 5.52 Å². The number of fused-ring (bicyclic) bond motifs is 5. The van der Waals surface area contributed by atoms with E-state index in [1.165, 1.54) is 51.2 Å². The average molecular weight is 406 g/mol. The SMILES string of the molecule is [3H][B]SOc1ccc2c(c1)CCC1C2CCC2(C)C(=CCBr)CCC12. The van der Waals surface area contributed by atoms with Crippen LogP contribution in [0.1, 0.15) is 56.1 Å². The van der Waals surface area contributed by atoms with Crippen molar-refractivity contribution >= 4 is 34.9 Å². The van der Waals surface area contributed by atoms with Crippen molar-refractivity contribution in [2.24, 2.45) is 17.3 Å². The molecule has 0 heterocycles. The van der Waals surface area contributed by atoms with Crippen molar-refractivity contribution in [3.8, 4) is 5.75 Å². The van der Waals surface area contributed by atoms with Gasteiger partial charge in [-0.15, -0.1) is 0 Å². The number of alkyl halides is 1. The van der Waals surface area contributed by atoms with Crippen LogP contribution in [0.3, 0.4) is 0 Å². The molecule has 3 aliphatic carbocycles. The maximum absolute atomic E-state index is 7.10. The molecule has 0 saturated heterocycles. The maximum atomic E-state index is 7.10. The van der Waals surface area contributed by atoms with Crippen molar-refractivity contribution in [2.45, 2.75) is 51.4 Å². The summed E-state index contributed by atoms with van der Waals surface area (Å²) in [5.74, 6) is 3.31. The first kappa shape index (κ1) is 15.9. The molecule has 4 rings (SSSR count). The van der Waals surface area contributed by atoms with Crippen LogP contribution in [-0.2, 0) is 6.42 Å². The molecular weight excluding hydrogens is 379 g/mol. The molecule has 2 saturated carbocycles. The molecule has 0 spiro atoms. The Morgan fingerprint density at radius 2 is 2.33 bits per heavy atom. The van der Waals surface area contributed by atoms with Gasteiger partial charge in [0, 0.05) is 5.33 Å². The van der Waals surface area contributed by atoms with Crippen molar-refractivity contribution in [1.82, 2.24) is 0 Å². The molecule has 0 aromatic heterocycles. The fourth-order valence-corrected chi connectivity index (χ4v) is 6.55. The van der Waals surface area contributed by atoms with E-state index in [0.717, 1.165) is 40.7 Å². The molecule has 4 heteroatoms. The lowest BCUT2D eigenvalue weighted by atomic mass is 9.55. The van der Waals surface area contributed by atoms with Crippen LogP contribution in [0, 0.1) is 17.3 Å². The van der Waals surface area contributed by atoms with Crippen LogP contribution in [-0.4, -0.2) is 13.8 Å². The second kappa shape index (κ2) is 6.76. The van der Waals surface area contributed by atoms with Crippen molar-refractivity contribution in [1.29, 1.82) is 1.34 Å². The summed E-state index contributed by atoms with van der Waals surface area (Å²) in [6, 6.07) is 6.61. The number of halogens is 1. The van der Waals surface area contributed by atoms with Gasteiger partial charge < -0.3 is 4.18 Å². The van der Waals surface area contributed by atoms with Crippen molar-refractivity contribution in [3.05, 3.63) is 41.0 Å². The number of rotatable bonds is 4. The van der Waals surface area contributed by atoms with Crippen LogP contribution >= 0.6 is 27.8 Å². The summed E-state index contributed by atoms with van der Waals surface area (Å²) in [5, 5.41) is 0.998. The Balaban J connectivity index is 1.59. The minimum absolute atomic E-state index is 0.441. The van der Waals surface area contributed by atoms with Gasteiger partial charge in [-0.05, 0) is 98.2 Å². The number of allylic oxidation sites excluding steroid dienone is 2. The Labute approximate surface area is 161 Å². The lowest BCUT2D eigenvalue weighted by Crippen LogP contribution is -2.40. The molecule has 127 valence electrons. The van der Waals surface area contributed by atoms with Crippen LogP contribution in [0.4, 0.5) is 0 Å². The highest BCUT2D eigenvalue weighted by Crippen LogP contribution is 2.62. The normalized spacial score (nSPS) is 36.5. The molecular formula is C20H25BBrOS. The molecule has 0 aliphatic heterocycles. The maximum Gasteiger partial charge on any atom is 0.227 e. The quantitative estimate of drug-likeness (QED) is 0.274. The highest BCUT2D eigenvalue weighted by atomic mass is 79.9. The topological polar surface area (TPSA) is 9.23 Å². The first-order valence-electron chi connectivity index (χ1n) is 9.67. The zero-order valence-electron chi connectivity index (χ0n) is 15.3. The first-order chi connectivity index (χ1) is 12.2. The van der Waals surface area contributed by atoms with Crippen molar-refractivity contribution < 1.29 is 4.18 Å². The van der Waals surface area contributed by atoms with Gasteiger partial charge in [-0.3, -0.25) is 0 Å². The molecule has 1 nitrogen and oxygen atoms in total. The third-order valence-electron chi connectivity index (χ3n) is 7.01. The second-order valence-corrected chi connectivity index (χ2v) is 8.84. The lowest BCUT2D eigenvalue weighted by molar-refractivity contribution is 0.0813. The van der Waals surface area contributed by atoms with Crippen molar-refractivity contribution in [3.63, 3.8) is 0 Å². The Bertz CT molecular complexity index is 682. The van der Waals surface area contributed by atoms with Crippen LogP contribution in [0.25, 0.3) is 0 Å². The average Bonchev–Trinajstić information content (AvgIpc) is 2.96.